The van der Waals surface area contributed by atoms with Gasteiger partial charge in [0.05, 0.1) is 6.54 Å². The Morgan fingerprint density at radius 2 is 1.90 bits per heavy atom. The summed E-state index contributed by atoms with van der Waals surface area (Å²) in [5.41, 5.74) is 1.24. The lowest BCUT2D eigenvalue weighted by Crippen LogP contribution is -2.51. The molecule has 1 aliphatic heterocycles. The van der Waals surface area contributed by atoms with Crippen molar-refractivity contribution in [3.05, 3.63) is 29.8 Å². The fourth-order valence-corrected chi connectivity index (χ4v) is 3.31. The first-order valence-electron chi connectivity index (χ1n) is 10.2. The van der Waals surface area contributed by atoms with E-state index in [1.807, 2.05) is 0 Å². The molecule has 8 heteroatoms. The molecule has 0 bridgehead atoms. The maximum absolute atomic E-state index is 12.8. The summed E-state index contributed by atoms with van der Waals surface area (Å²) in [5.74, 6) is 0.111. The van der Waals surface area contributed by atoms with E-state index in [9.17, 15) is 14.4 Å². The molecule has 3 rings (SSSR count). The van der Waals surface area contributed by atoms with Gasteiger partial charge < -0.3 is 20.3 Å². The van der Waals surface area contributed by atoms with Crippen molar-refractivity contribution < 1.29 is 19.1 Å². The number of hydrogen-bond acceptors (Lipinski definition) is 5. The van der Waals surface area contributed by atoms with Crippen LogP contribution >= 0.6 is 0 Å². The van der Waals surface area contributed by atoms with Gasteiger partial charge in [-0.25, -0.2) is 0 Å². The van der Waals surface area contributed by atoms with Gasteiger partial charge in [-0.15, -0.1) is 0 Å². The SMILES string of the molecule is COCCCNC(=O)CN1CCN(C(=O)c2cccc(NC(=O)C3CC3)c2)CC1. The van der Waals surface area contributed by atoms with E-state index < -0.39 is 0 Å². The first-order valence-corrected chi connectivity index (χ1v) is 10.2. The van der Waals surface area contributed by atoms with Gasteiger partial charge in [-0.1, -0.05) is 6.07 Å². The van der Waals surface area contributed by atoms with Crippen LogP contribution in [0.3, 0.4) is 0 Å². The van der Waals surface area contributed by atoms with Gasteiger partial charge in [0, 0.05) is 63.6 Å². The smallest absolute Gasteiger partial charge is 0.254 e. The number of anilines is 1. The molecule has 3 amide bonds. The number of methoxy groups -OCH3 is 1. The Balaban J connectivity index is 1.43. The van der Waals surface area contributed by atoms with Crippen molar-refractivity contribution in [3.8, 4) is 0 Å². The zero-order valence-electron chi connectivity index (χ0n) is 17.0. The molecule has 1 heterocycles. The van der Waals surface area contributed by atoms with Crippen molar-refractivity contribution in [2.24, 2.45) is 5.92 Å². The zero-order valence-corrected chi connectivity index (χ0v) is 17.0. The third-order valence-electron chi connectivity index (χ3n) is 5.20. The highest BCUT2D eigenvalue weighted by Gasteiger charge is 2.30. The summed E-state index contributed by atoms with van der Waals surface area (Å²) >= 11 is 0. The number of benzene rings is 1. The number of ether oxygens (including phenoxy) is 1. The van der Waals surface area contributed by atoms with Gasteiger partial charge in [0.15, 0.2) is 0 Å². The topological polar surface area (TPSA) is 91.0 Å². The minimum Gasteiger partial charge on any atom is -0.385 e. The van der Waals surface area contributed by atoms with Gasteiger partial charge >= 0.3 is 0 Å². The highest BCUT2D eigenvalue weighted by Crippen LogP contribution is 2.30. The van der Waals surface area contributed by atoms with E-state index in [4.69, 9.17) is 4.74 Å². The van der Waals surface area contributed by atoms with E-state index in [1.54, 1.807) is 36.3 Å². The second kappa shape index (κ2) is 10.4. The normalized spacial score (nSPS) is 17.1. The lowest BCUT2D eigenvalue weighted by Gasteiger charge is -2.34. The molecule has 1 saturated carbocycles. The molecule has 1 aromatic carbocycles. The second-order valence-corrected chi connectivity index (χ2v) is 7.61. The average molecular weight is 402 g/mol. The van der Waals surface area contributed by atoms with Crippen LogP contribution in [0.4, 0.5) is 5.69 Å². The predicted octanol–water partition coefficient (Wildman–Crippen LogP) is 0.946. The standard InChI is InChI=1S/C21H30N4O4/c1-29-13-3-8-22-19(26)15-24-9-11-25(12-10-24)21(28)17-4-2-5-18(14-17)23-20(27)16-6-7-16/h2,4-5,14,16H,3,6-13,15H2,1H3,(H,22,26)(H,23,27). The van der Waals surface area contributed by atoms with Crippen LogP contribution in [-0.4, -0.2) is 80.5 Å². The molecule has 8 nitrogen and oxygen atoms in total. The third kappa shape index (κ3) is 6.54. The summed E-state index contributed by atoms with van der Waals surface area (Å²) in [7, 11) is 1.64. The summed E-state index contributed by atoms with van der Waals surface area (Å²) in [6.07, 6.45) is 2.69. The van der Waals surface area contributed by atoms with E-state index in [1.165, 1.54) is 0 Å². The highest BCUT2D eigenvalue weighted by atomic mass is 16.5. The number of amides is 3. The first kappa shape index (κ1) is 21.3. The van der Waals surface area contributed by atoms with Crippen molar-refractivity contribution in [1.29, 1.82) is 0 Å². The Morgan fingerprint density at radius 1 is 1.14 bits per heavy atom. The Kier molecular flexibility index (Phi) is 7.60. The maximum Gasteiger partial charge on any atom is 0.254 e. The number of hydrogen-bond donors (Lipinski definition) is 2. The number of nitrogens with one attached hydrogen (secondary N) is 2. The van der Waals surface area contributed by atoms with Crippen LogP contribution in [0.2, 0.25) is 0 Å². The van der Waals surface area contributed by atoms with Gasteiger partial charge in [0.1, 0.15) is 0 Å². The summed E-state index contributed by atoms with van der Waals surface area (Å²) in [6, 6.07) is 7.11. The van der Waals surface area contributed by atoms with Crippen LogP contribution < -0.4 is 10.6 Å². The Bertz CT molecular complexity index is 727. The van der Waals surface area contributed by atoms with Gasteiger partial charge in [-0.3, -0.25) is 19.3 Å². The largest absolute Gasteiger partial charge is 0.385 e. The summed E-state index contributed by atoms with van der Waals surface area (Å²) < 4.78 is 4.96. The van der Waals surface area contributed by atoms with Crippen LogP contribution in [0.1, 0.15) is 29.6 Å². The van der Waals surface area contributed by atoms with E-state index in [-0.39, 0.29) is 23.6 Å². The molecule has 0 spiro atoms. The molecule has 0 atom stereocenters. The lowest BCUT2D eigenvalue weighted by molar-refractivity contribution is -0.122. The Labute approximate surface area is 171 Å². The first-order chi connectivity index (χ1) is 14.1. The van der Waals surface area contributed by atoms with Crippen LogP contribution in [0.5, 0.6) is 0 Å². The molecule has 1 aromatic rings. The molecular weight excluding hydrogens is 372 g/mol. The summed E-state index contributed by atoms with van der Waals surface area (Å²) in [4.78, 5) is 40.6. The molecule has 158 valence electrons. The van der Waals surface area contributed by atoms with Crippen molar-refractivity contribution in [3.63, 3.8) is 0 Å². The van der Waals surface area contributed by atoms with E-state index >= 15 is 0 Å². The van der Waals surface area contributed by atoms with E-state index in [0.29, 0.717) is 57.1 Å². The number of nitrogens with zero attached hydrogens (tertiary/aromatic N) is 2. The second-order valence-electron chi connectivity index (χ2n) is 7.61. The zero-order chi connectivity index (χ0) is 20.6. The summed E-state index contributed by atoms with van der Waals surface area (Å²) in [5, 5.41) is 5.77. The molecular formula is C21H30N4O4. The van der Waals surface area contributed by atoms with Crippen molar-refractivity contribution in [2.45, 2.75) is 19.3 Å². The van der Waals surface area contributed by atoms with Crippen LogP contribution in [0, 0.1) is 5.92 Å². The van der Waals surface area contributed by atoms with Crippen molar-refractivity contribution in [1.82, 2.24) is 15.1 Å². The number of carbonyl (C=O) groups is 3. The highest BCUT2D eigenvalue weighted by molar-refractivity contribution is 5.98. The minimum atomic E-state index is -0.0452. The molecule has 0 unspecified atom stereocenters. The Hall–Kier alpha value is -2.45. The Morgan fingerprint density at radius 3 is 2.59 bits per heavy atom. The molecule has 2 aliphatic rings. The third-order valence-corrected chi connectivity index (χ3v) is 5.20. The van der Waals surface area contributed by atoms with Gasteiger partial charge in [0.25, 0.3) is 5.91 Å². The maximum atomic E-state index is 12.8. The average Bonchev–Trinajstić information content (AvgIpc) is 3.57. The predicted molar refractivity (Wildman–Crippen MR) is 110 cm³/mol. The fraction of sp³-hybridized carbons (Fsp3) is 0.571. The quantitative estimate of drug-likeness (QED) is 0.600. The summed E-state index contributed by atoms with van der Waals surface area (Å²) in [6.45, 7) is 4.07. The van der Waals surface area contributed by atoms with Crippen LogP contribution in [0.15, 0.2) is 24.3 Å². The van der Waals surface area contributed by atoms with Crippen molar-refractivity contribution in [2.75, 3.05) is 58.3 Å². The van der Waals surface area contributed by atoms with Gasteiger partial charge in [-0.2, -0.15) is 0 Å². The van der Waals surface area contributed by atoms with E-state index in [0.717, 1.165) is 19.3 Å². The number of carbonyl (C=O) groups excluding carboxylic acids is 3. The fourth-order valence-electron chi connectivity index (χ4n) is 3.31. The number of piperazine rings is 1. The molecule has 1 aliphatic carbocycles. The molecule has 0 aromatic heterocycles. The van der Waals surface area contributed by atoms with E-state index in [2.05, 4.69) is 15.5 Å². The van der Waals surface area contributed by atoms with Gasteiger partial charge in [-0.05, 0) is 37.5 Å². The minimum absolute atomic E-state index is 0.0000139. The van der Waals surface area contributed by atoms with Crippen molar-refractivity contribution >= 4 is 23.4 Å². The monoisotopic (exact) mass is 402 g/mol. The molecule has 29 heavy (non-hydrogen) atoms. The molecule has 2 N–H and O–H groups in total. The molecule has 2 fully saturated rings. The molecule has 0 radical (unpaired) electrons. The lowest BCUT2D eigenvalue weighted by atomic mass is 10.1. The van der Waals surface area contributed by atoms with Crippen LogP contribution in [0.25, 0.3) is 0 Å². The molecule has 1 saturated heterocycles. The van der Waals surface area contributed by atoms with Crippen LogP contribution in [-0.2, 0) is 14.3 Å². The number of rotatable bonds is 9. The van der Waals surface area contributed by atoms with Gasteiger partial charge in [0.2, 0.25) is 11.8 Å².